The van der Waals surface area contributed by atoms with Crippen molar-refractivity contribution >= 4 is 21.9 Å². The molecule has 0 spiro atoms. The number of hydrogen-bond donors (Lipinski definition) is 0. The molecule has 0 aliphatic carbocycles. The van der Waals surface area contributed by atoms with Crippen LogP contribution in [0.3, 0.4) is 0 Å². The van der Waals surface area contributed by atoms with Crippen molar-refractivity contribution in [1.29, 1.82) is 0 Å². The van der Waals surface area contributed by atoms with Gasteiger partial charge in [-0.1, -0.05) is 15.9 Å². The van der Waals surface area contributed by atoms with Gasteiger partial charge in [0.2, 0.25) is 0 Å². The van der Waals surface area contributed by atoms with Crippen LogP contribution in [0.25, 0.3) is 0 Å². The maximum atomic E-state index is 11.1. The first kappa shape index (κ1) is 11.9. The first-order valence-corrected chi connectivity index (χ1v) is 5.45. The Kier molecular flexibility index (Phi) is 3.92. The standard InChI is InChI=1S/C9H15BrO4/c1-6(10)8(11)12-4-7-5-13-9(2,3)14-7/h6-7H,4-5H2,1-3H3. The van der Waals surface area contributed by atoms with Gasteiger partial charge in [0.05, 0.1) is 6.61 Å². The van der Waals surface area contributed by atoms with Crippen LogP contribution in [0, 0.1) is 0 Å². The van der Waals surface area contributed by atoms with Crippen LogP contribution in [-0.4, -0.2) is 35.9 Å². The largest absolute Gasteiger partial charge is 0.462 e. The highest BCUT2D eigenvalue weighted by Crippen LogP contribution is 2.22. The molecule has 0 amide bonds. The molecule has 0 aromatic carbocycles. The topological polar surface area (TPSA) is 44.8 Å². The zero-order valence-electron chi connectivity index (χ0n) is 8.58. The lowest BCUT2D eigenvalue weighted by atomic mass is 10.4. The summed E-state index contributed by atoms with van der Waals surface area (Å²) in [7, 11) is 0. The molecule has 14 heavy (non-hydrogen) atoms. The molecule has 4 nitrogen and oxygen atoms in total. The van der Waals surface area contributed by atoms with E-state index in [0.29, 0.717) is 6.61 Å². The monoisotopic (exact) mass is 266 g/mol. The van der Waals surface area contributed by atoms with Gasteiger partial charge in [-0.2, -0.15) is 0 Å². The third kappa shape index (κ3) is 3.55. The van der Waals surface area contributed by atoms with Crippen LogP contribution in [-0.2, 0) is 19.0 Å². The average Bonchev–Trinajstić information content (AvgIpc) is 2.41. The molecule has 1 aliphatic heterocycles. The van der Waals surface area contributed by atoms with Gasteiger partial charge in [0.25, 0.3) is 0 Å². The molecule has 5 heteroatoms. The molecule has 1 saturated heterocycles. The van der Waals surface area contributed by atoms with Crippen molar-refractivity contribution in [3.8, 4) is 0 Å². The minimum Gasteiger partial charge on any atom is -0.462 e. The maximum absolute atomic E-state index is 11.1. The van der Waals surface area contributed by atoms with Crippen LogP contribution in [0.4, 0.5) is 0 Å². The van der Waals surface area contributed by atoms with E-state index in [9.17, 15) is 4.79 Å². The van der Waals surface area contributed by atoms with Gasteiger partial charge in [-0.15, -0.1) is 0 Å². The second kappa shape index (κ2) is 4.59. The lowest BCUT2D eigenvalue weighted by Crippen LogP contribution is -2.26. The van der Waals surface area contributed by atoms with Crippen molar-refractivity contribution in [2.24, 2.45) is 0 Å². The van der Waals surface area contributed by atoms with Gasteiger partial charge in [-0.05, 0) is 20.8 Å². The molecule has 2 unspecified atom stereocenters. The summed E-state index contributed by atoms with van der Waals surface area (Å²) in [6.45, 7) is 6.11. The number of alkyl halides is 1. The van der Waals surface area contributed by atoms with Gasteiger partial charge in [0.15, 0.2) is 5.79 Å². The Labute approximate surface area is 92.0 Å². The maximum Gasteiger partial charge on any atom is 0.319 e. The van der Waals surface area contributed by atoms with E-state index >= 15 is 0 Å². The van der Waals surface area contributed by atoms with E-state index in [-0.39, 0.29) is 23.5 Å². The molecule has 0 radical (unpaired) electrons. The summed E-state index contributed by atoms with van der Waals surface area (Å²) in [5, 5.41) is 0. The van der Waals surface area contributed by atoms with Gasteiger partial charge in [-0.25, -0.2) is 0 Å². The summed E-state index contributed by atoms with van der Waals surface area (Å²) < 4.78 is 15.8. The van der Waals surface area contributed by atoms with E-state index in [1.807, 2.05) is 13.8 Å². The molecule has 0 aromatic heterocycles. The highest BCUT2D eigenvalue weighted by atomic mass is 79.9. The molecule has 0 saturated carbocycles. The van der Waals surface area contributed by atoms with Crippen molar-refractivity contribution in [1.82, 2.24) is 0 Å². The summed E-state index contributed by atoms with van der Waals surface area (Å²) in [5.41, 5.74) is 0. The SMILES string of the molecule is CC(Br)C(=O)OCC1COC(C)(C)O1. The van der Waals surface area contributed by atoms with Gasteiger partial charge in [0.1, 0.15) is 17.5 Å². The number of esters is 1. The third-order valence-corrected chi connectivity index (χ3v) is 2.18. The molecule has 82 valence electrons. The van der Waals surface area contributed by atoms with Crippen LogP contribution in [0.15, 0.2) is 0 Å². The minimum atomic E-state index is -0.558. The predicted octanol–water partition coefficient (Wildman–Crippen LogP) is 1.46. The van der Waals surface area contributed by atoms with Crippen LogP contribution >= 0.6 is 15.9 Å². The molecule has 1 heterocycles. The quantitative estimate of drug-likeness (QED) is 0.573. The summed E-state index contributed by atoms with van der Waals surface area (Å²) in [6, 6.07) is 0. The number of carbonyl (C=O) groups excluding carboxylic acids is 1. The Balaban J connectivity index is 2.24. The number of ether oxygens (including phenoxy) is 3. The van der Waals surface area contributed by atoms with Crippen molar-refractivity contribution in [3.63, 3.8) is 0 Å². The average molecular weight is 267 g/mol. The fourth-order valence-corrected chi connectivity index (χ4v) is 1.27. The zero-order chi connectivity index (χ0) is 10.8. The highest BCUT2D eigenvalue weighted by Gasteiger charge is 2.33. The third-order valence-electron chi connectivity index (χ3n) is 1.80. The normalized spacial score (nSPS) is 27.3. The lowest BCUT2D eigenvalue weighted by Gasteiger charge is -2.17. The minimum absolute atomic E-state index is 0.153. The Morgan fingerprint density at radius 1 is 1.71 bits per heavy atom. The summed E-state index contributed by atoms with van der Waals surface area (Å²) in [6.07, 6.45) is -0.153. The first-order valence-electron chi connectivity index (χ1n) is 4.53. The fourth-order valence-electron chi connectivity index (χ4n) is 1.14. The van der Waals surface area contributed by atoms with E-state index < -0.39 is 5.79 Å². The fraction of sp³-hybridized carbons (Fsp3) is 0.889. The zero-order valence-corrected chi connectivity index (χ0v) is 10.2. The van der Waals surface area contributed by atoms with Crippen molar-refractivity contribution in [2.45, 2.75) is 37.5 Å². The van der Waals surface area contributed by atoms with Crippen molar-refractivity contribution < 1.29 is 19.0 Å². The number of carbonyl (C=O) groups is 1. The summed E-state index contributed by atoms with van der Waals surface area (Å²) in [5.74, 6) is -0.838. The second-order valence-electron chi connectivity index (χ2n) is 3.70. The molecule has 0 N–H and O–H groups in total. The van der Waals surface area contributed by atoms with Crippen molar-refractivity contribution in [3.05, 3.63) is 0 Å². The smallest absolute Gasteiger partial charge is 0.319 e. The lowest BCUT2D eigenvalue weighted by molar-refractivity contribution is -0.157. The predicted molar refractivity (Wildman–Crippen MR) is 54.3 cm³/mol. The summed E-state index contributed by atoms with van der Waals surface area (Å²) in [4.78, 5) is 10.8. The molecule has 0 aromatic rings. The number of hydrogen-bond acceptors (Lipinski definition) is 4. The molecular weight excluding hydrogens is 252 g/mol. The van der Waals surface area contributed by atoms with Gasteiger partial charge < -0.3 is 14.2 Å². The van der Waals surface area contributed by atoms with Gasteiger partial charge >= 0.3 is 5.97 Å². The highest BCUT2D eigenvalue weighted by molar-refractivity contribution is 9.10. The van der Waals surface area contributed by atoms with Crippen LogP contribution in [0.2, 0.25) is 0 Å². The van der Waals surface area contributed by atoms with E-state index in [0.717, 1.165) is 0 Å². The van der Waals surface area contributed by atoms with Crippen LogP contribution in [0.5, 0.6) is 0 Å². The molecule has 2 atom stereocenters. The Morgan fingerprint density at radius 3 is 2.79 bits per heavy atom. The second-order valence-corrected chi connectivity index (χ2v) is 5.07. The van der Waals surface area contributed by atoms with Gasteiger partial charge in [-0.3, -0.25) is 4.79 Å². The Morgan fingerprint density at radius 2 is 2.36 bits per heavy atom. The molecular formula is C9H15BrO4. The van der Waals surface area contributed by atoms with Crippen molar-refractivity contribution in [2.75, 3.05) is 13.2 Å². The Hall–Kier alpha value is -0.130. The molecule has 1 rings (SSSR count). The number of rotatable bonds is 3. The van der Waals surface area contributed by atoms with E-state index in [2.05, 4.69) is 15.9 Å². The van der Waals surface area contributed by atoms with Gasteiger partial charge in [0, 0.05) is 0 Å². The molecule has 0 bridgehead atoms. The Bertz CT molecular complexity index is 215. The summed E-state index contributed by atoms with van der Waals surface area (Å²) >= 11 is 3.13. The van der Waals surface area contributed by atoms with E-state index in [4.69, 9.17) is 14.2 Å². The van der Waals surface area contributed by atoms with Crippen LogP contribution < -0.4 is 0 Å². The first-order chi connectivity index (χ1) is 6.41. The van der Waals surface area contributed by atoms with E-state index in [1.54, 1.807) is 6.92 Å². The van der Waals surface area contributed by atoms with Crippen LogP contribution in [0.1, 0.15) is 20.8 Å². The molecule has 1 fully saturated rings. The van der Waals surface area contributed by atoms with E-state index in [1.165, 1.54) is 0 Å². The molecule has 1 aliphatic rings. The number of halogens is 1.